The molecule has 4 nitrogen and oxygen atoms in total. The molecule has 0 saturated heterocycles. The first-order chi connectivity index (χ1) is 3.42. The van der Waals surface area contributed by atoms with Crippen LogP contribution in [0.4, 0.5) is 8.78 Å². The molecule has 8 heteroatoms. The Morgan fingerprint density at radius 2 is 1.89 bits per heavy atom. The summed E-state index contributed by atoms with van der Waals surface area (Å²) in [7, 11) is -4.97. The molecule has 0 aromatic carbocycles. The molecule has 0 saturated carbocycles. The summed E-state index contributed by atoms with van der Waals surface area (Å²) >= 11 is 0. The first-order valence-electron chi connectivity index (χ1n) is 1.35. The third-order valence-electron chi connectivity index (χ3n) is 0.194. The molecule has 0 spiro atoms. The first kappa shape index (κ1) is 12.0. The Bertz CT molecular complexity index is 157. The minimum atomic E-state index is -4.97. The standard InChI is InChI=1S/CH2F2O4S.Li.H/c2-1(3)7-8(4,5)6;;/h1H,(H,4,5,6);;/q;+1;-1. The molecule has 0 rings (SSSR count). The van der Waals surface area contributed by atoms with E-state index in [1.807, 2.05) is 0 Å². The molecular formula is CH3F2LiO4S. The summed E-state index contributed by atoms with van der Waals surface area (Å²) in [5, 5.41) is 0. The van der Waals surface area contributed by atoms with Crippen LogP contribution in [0.5, 0.6) is 0 Å². The largest absolute Gasteiger partial charge is 1.00 e. The van der Waals surface area contributed by atoms with Crippen LogP contribution in [-0.2, 0) is 14.6 Å². The summed E-state index contributed by atoms with van der Waals surface area (Å²) in [5.41, 5.74) is 0. The molecule has 0 aliphatic carbocycles. The molecule has 52 valence electrons. The molecule has 0 fully saturated rings. The first-order valence-corrected chi connectivity index (χ1v) is 2.72. The van der Waals surface area contributed by atoms with Gasteiger partial charge >= 0.3 is 35.9 Å². The van der Waals surface area contributed by atoms with E-state index in [0.29, 0.717) is 0 Å². The van der Waals surface area contributed by atoms with Gasteiger partial charge in [0.2, 0.25) is 0 Å². The van der Waals surface area contributed by atoms with Gasteiger partial charge in [-0.05, 0) is 0 Å². The molecular weight excluding hydrogens is 153 g/mol. The Labute approximate surface area is 63.8 Å². The van der Waals surface area contributed by atoms with Crippen molar-refractivity contribution in [3.05, 3.63) is 0 Å². The zero-order valence-corrected chi connectivity index (χ0v) is 5.23. The number of rotatable bonds is 2. The molecule has 0 aromatic rings. The van der Waals surface area contributed by atoms with Gasteiger partial charge < -0.3 is 1.43 Å². The normalized spacial score (nSPS) is 11.1. The van der Waals surface area contributed by atoms with Crippen molar-refractivity contribution >= 4 is 10.4 Å². The van der Waals surface area contributed by atoms with Crippen molar-refractivity contribution < 1.29 is 46.2 Å². The fourth-order valence-corrected chi connectivity index (χ4v) is 0.276. The van der Waals surface area contributed by atoms with Gasteiger partial charge in [-0.2, -0.15) is 21.4 Å². The summed E-state index contributed by atoms with van der Waals surface area (Å²) < 4.78 is 50.2. The molecule has 9 heavy (non-hydrogen) atoms. The molecule has 0 aromatic heterocycles. The Balaban J connectivity index is -0.000000245. The fourth-order valence-electron chi connectivity index (χ4n) is 0.0919. The number of hydrogen-bond acceptors (Lipinski definition) is 3. The topological polar surface area (TPSA) is 63.6 Å². The predicted octanol–water partition coefficient (Wildman–Crippen LogP) is -2.86. The van der Waals surface area contributed by atoms with Crippen LogP contribution in [0, 0.1) is 0 Å². The monoisotopic (exact) mass is 156 g/mol. The average Bonchev–Trinajstić information content (AvgIpc) is 1.21. The SMILES string of the molecule is O=S(=O)(O)OC(F)F.[H-].[Li+]. The summed E-state index contributed by atoms with van der Waals surface area (Å²) in [6, 6.07) is 0. The van der Waals surface area contributed by atoms with Crippen molar-refractivity contribution in [2.24, 2.45) is 0 Å². The predicted molar refractivity (Wildman–Crippen MR) is 19.7 cm³/mol. The van der Waals surface area contributed by atoms with E-state index in [2.05, 4.69) is 4.18 Å². The maximum absolute atomic E-state index is 10.8. The van der Waals surface area contributed by atoms with E-state index in [0.717, 1.165) is 0 Å². The van der Waals surface area contributed by atoms with E-state index in [1.54, 1.807) is 0 Å². The van der Waals surface area contributed by atoms with Gasteiger partial charge in [0.05, 0.1) is 0 Å². The van der Waals surface area contributed by atoms with Crippen molar-refractivity contribution in [3.8, 4) is 0 Å². The fraction of sp³-hybridized carbons (Fsp3) is 1.00. The van der Waals surface area contributed by atoms with Gasteiger partial charge in [0, 0.05) is 0 Å². The van der Waals surface area contributed by atoms with E-state index >= 15 is 0 Å². The number of hydrogen-bond donors (Lipinski definition) is 1. The molecule has 0 bridgehead atoms. The minimum absolute atomic E-state index is 0. The van der Waals surface area contributed by atoms with E-state index < -0.39 is 17.0 Å². The van der Waals surface area contributed by atoms with Crippen molar-refractivity contribution in [1.82, 2.24) is 0 Å². The van der Waals surface area contributed by atoms with Gasteiger partial charge in [0.1, 0.15) is 0 Å². The van der Waals surface area contributed by atoms with Gasteiger partial charge in [-0.3, -0.25) is 4.55 Å². The Morgan fingerprint density at radius 1 is 1.56 bits per heavy atom. The molecule has 0 heterocycles. The van der Waals surface area contributed by atoms with Gasteiger partial charge in [-0.25, -0.2) is 0 Å². The summed E-state index contributed by atoms with van der Waals surface area (Å²) in [4.78, 5) is 0. The molecule has 0 amide bonds. The van der Waals surface area contributed by atoms with Gasteiger partial charge in [-0.15, -0.1) is 0 Å². The molecule has 0 unspecified atom stereocenters. The van der Waals surface area contributed by atoms with Crippen molar-refractivity contribution in [2.75, 3.05) is 0 Å². The van der Waals surface area contributed by atoms with Gasteiger partial charge in [-0.1, -0.05) is 0 Å². The second kappa shape index (κ2) is 4.19. The Hall–Kier alpha value is 0.327. The summed E-state index contributed by atoms with van der Waals surface area (Å²) in [6.07, 6.45) is 0. The quantitative estimate of drug-likeness (QED) is 0.345. The van der Waals surface area contributed by atoms with E-state index in [9.17, 15) is 17.2 Å². The van der Waals surface area contributed by atoms with Crippen LogP contribution in [0.3, 0.4) is 0 Å². The second-order valence-corrected chi connectivity index (χ2v) is 1.83. The van der Waals surface area contributed by atoms with Crippen LogP contribution in [0.2, 0.25) is 0 Å². The van der Waals surface area contributed by atoms with E-state index in [1.165, 1.54) is 0 Å². The average molecular weight is 156 g/mol. The van der Waals surface area contributed by atoms with Crippen LogP contribution in [0.25, 0.3) is 0 Å². The Morgan fingerprint density at radius 3 is 1.89 bits per heavy atom. The minimum Gasteiger partial charge on any atom is -1.00 e. The van der Waals surface area contributed by atoms with Crippen LogP contribution >= 0.6 is 0 Å². The molecule has 1 N–H and O–H groups in total. The summed E-state index contributed by atoms with van der Waals surface area (Å²) in [5.74, 6) is 0. The molecule has 0 atom stereocenters. The zero-order valence-electron chi connectivity index (χ0n) is 5.41. The van der Waals surface area contributed by atoms with Crippen molar-refractivity contribution in [1.29, 1.82) is 0 Å². The number of alkyl halides is 2. The van der Waals surface area contributed by atoms with Crippen LogP contribution in [-0.4, -0.2) is 19.6 Å². The van der Waals surface area contributed by atoms with Crippen molar-refractivity contribution in [2.45, 2.75) is 6.61 Å². The molecule has 0 aliphatic rings. The smallest absolute Gasteiger partial charge is 1.00 e. The maximum Gasteiger partial charge on any atom is 1.00 e. The Kier molecular flexibility index (Phi) is 5.61. The van der Waals surface area contributed by atoms with Gasteiger partial charge in [0.25, 0.3) is 0 Å². The zero-order chi connectivity index (χ0) is 6.78. The second-order valence-electron chi connectivity index (χ2n) is 0.785. The van der Waals surface area contributed by atoms with E-state index in [4.69, 9.17) is 4.55 Å². The molecule has 0 aliphatic heterocycles. The molecule has 0 radical (unpaired) electrons. The van der Waals surface area contributed by atoms with Gasteiger partial charge in [0.15, 0.2) is 0 Å². The van der Waals surface area contributed by atoms with Crippen LogP contribution in [0.15, 0.2) is 0 Å². The maximum atomic E-state index is 10.8. The van der Waals surface area contributed by atoms with E-state index in [-0.39, 0.29) is 20.3 Å². The third-order valence-corrected chi connectivity index (χ3v) is 0.583. The summed E-state index contributed by atoms with van der Waals surface area (Å²) in [6.45, 7) is -3.50. The number of halogens is 2. The van der Waals surface area contributed by atoms with Crippen molar-refractivity contribution in [3.63, 3.8) is 0 Å². The third kappa shape index (κ3) is 11.7. The van der Waals surface area contributed by atoms with Crippen LogP contribution < -0.4 is 18.9 Å². The van der Waals surface area contributed by atoms with Crippen LogP contribution in [0.1, 0.15) is 1.43 Å².